The summed E-state index contributed by atoms with van der Waals surface area (Å²) in [5.41, 5.74) is 4.01. The smallest absolute Gasteiger partial charge is 0.265 e. The third-order valence-corrected chi connectivity index (χ3v) is 5.43. The van der Waals surface area contributed by atoms with Crippen LogP contribution in [0.5, 0.6) is 5.75 Å². The van der Waals surface area contributed by atoms with Gasteiger partial charge in [-0.15, -0.1) is 0 Å². The van der Waals surface area contributed by atoms with Gasteiger partial charge in [0, 0.05) is 16.9 Å². The molecule has 0 aliphatic carbocycles. The predicted octanol–water partition coefficient (Wildman–Crippen LogP) is 6.20. The Bertz CT molecular complexity index is 1110. The first-order chi connectivity index (χ1) is 15.7. The van der Waals surface area contributed by atoms with Crippen LogP contribution in [0.3, 0.4) is 0 Å². The summed E-state index contributed by atoms with van der Waals surface area (Å²) in [6.45, 7) is 10.2. The van der Waals surface area contributed by atoms with Gasteiger partial charge in [-0.2, -0.15) is 0 Å². The minimum Gasteiger partial charge on any atom is -0.481 e. The highest BCUT2D eigenvalue weighted by atomic mass is 16.5. The molecule has 3 rings (SSSR count). The summed E-state index contributed by atoms with van der Waals surface area (Å²) < 4.78 is 5.87. The van der Waals surface area contributed by atoms with Gasteiger partial charge in [0.2, 0.25) is 0 Å². The van der Waals surface area contributed by atoms with Gasteiger partial charge in [-0.1, -0.05) is 64.1 Å². The van der Waals surface area contributed by atoms with E-state index in [1.165, 1.54) is 5.56 Å². The number of carbonyl (C=O) groups excluding carboxylic acids is 2. The van der Waals surface area contributed by atoms with E-state index in [2.05, 4.69) is 31.4 Å². The van der Waals surface area contributed by atoms with E-state index in [1.807, 2.05) is 55.5 Å². The van der Waals surface area contributed by atoms with Gasteiger partial charge in [-0.3, -0.25) is 9.59 Å². The number of anilines is 2. The van der Waals surface area contributed by atoms with Gasteiger partial charge in [0.05, 0.1) is 0 Å². The van der Waals surface area contributed by atoms with Crippen LogP contribution >= 0.6 is 0 Å². The molecule has 0 heterocycles. The number of rotatable bonds is 7. The molecule has 2 amide bonds. The normalized spacial score (nSPS) is 12.0. The maximum atomic E-state index is 12.7. The van der Waals surface area contributed by atoms with Gasteiger partial charge in [-0.25, -0.2) is 0 Å². The van der Waals surface area contributed by atoms with E-state index in [1.54, 1.807) is 31.2 Å². The van der Waals surface area contributed by atoms with Crippen LogP contribution in [-0.2, 0) is 16.6 Å². The molecule has 2 N–H and O–H groups in total. The number of carbonyl (C=O) groups is 2. The van der Waals surface area contributed by atoms with Gasteiger partial charge in [0.25, 0.3) is 11.8 Å². The van der Waals surface area contributed by atoms with Gasteiger partial charge >= 0.3 is 0 Å². The second-order valence-electron chi connectivity index (χ2n) is 9.07. The minimum atomic E-state index is -0.669. The molecule has 0 spiro atoms. The Balaban J connectivity index is 1.63. The van der Waals surface area contributed by atoms with E-state index in [4.69, 9.17) is 4.74 Å². The molecule has 33 heavy (non-hydrogen) atoms. The van der Waals surface area contributed by atoms with Crippen LogP contribution in [-0.4, -0.2) is 17.9 Å². The van der Waals surface area contributed by atoms with Crippen LogP contribution in [0.25, 0.3) is 0 Å². The summed E-state index contributed by atoms with van der Waals surface area (Å²) in [5.74, 6) is 0.245. The second kappa shape index (κ2) is 10.3. The standard InChI is InChI=1S/C28H32N2O3/c1-6-20-10-7-8-13-25(20)33-19(2)26(31)29-23-11-9-12-24(18-23)30-27(32)21-14-16-22(17-15-21)28(3,4)5/h7-19H,6H2,1-5H3,(H,29,31)(H,30,32)/t19-/m1/s1. The number of aryl methyl sites for hydroxylation is 1. The molecule has 0 aliphatic heterocycles. The number of amides is 2. The average molecular weight is 445 g/mol. The van der Waals surface area contributed by atoms with E-state index in [0.29, 0.717) is 22.7 Å². The molecule has 3 aromatic carbocycles. The van der Waals surface area contributed by atoms with Crippen LogP contribution in [0.4, 0.5) is 11.4 Å². The number of hydrogen-bond acceptors (Lipinski definition) is 3. The van der Waals surface area contributed by atoms with E-state index in [0.717, 1.165) is 12.0 Å². The fraction of sp³-hybridized carbons (Fsp3) is 0.286. The number of benzene rings is 3. The Hall–Kier alpha value is -3.60. The van der Waals surface area contributed by atoms with Crippen molar-refractivity contribution in [3.63, 3.8) is 0 Å². The molecule has 3 aromatic rings. The van der Waals surface area contributed by atoms with Crippen molar-refractivity contribution in [1.29, 1.82) is 0 Å². The second-order valence-corrected chi connectivity index (χ2v) is 9.07. The maximum absolute atomic E-state index is 12.7. The van der Waals surface area contributed by atoms with Crippen molar-refractivity contribution in [1.82, 2.24) is 0 Å². The van der Waals surface area contributed by atoms with Crippen molar-refractivity contribution in [2.45, 2.75) is 52.6 Å². The maximum Gasteiger partial charge on any atom is 0.265 e. The summed E-state index contributed by atoms with van der Waals surface area (Å²) in [4.78, 5) is 25.3. The van der Waals surface area contributed by atoms with E-state index < -0.39 is 6.10 Å². The highest BCUT2D eigenvalue weighted by molar-refractivity contribution is 6.04. The van der Waals surface area contributed by atoms with E-state index >= 15 is 0 Å². The summed E-state index contributed by atoms with van der Waals surface area (Å²) in [5, 5.41) is 5.75. The zero-order chi connectivity index (χ0) is 24.0. The Kier molecular flexibility index (Phi) is 7.54. The summed E-state index contributed by atoms with van der Waals surface area (Å²) in [6.07, 6.45) is 0.155. The highest BCUT2D eigenvalue weighted by Gasteiger charge is 2.17. The van der Waals surface area contributed by atoms with Gasteiger partial charge in [-0.05, 0) is 66.3 Å². The van der Waals surface area contributed by atoms with Crippen LogP contribution in [0, 0.1) is 0 Å². The topological polar surface area (TPSA) is 67.4 Å². The Morgan fingerprint density at radius 2 is 1.52 bits per heavy atom. The monoisotopic (exact) mass is 444 g/mol. The van der Waals surface area contributed by atoms with Crippen LogP contribution in [0.2, 0.25) is 0 Å². The number of ether oxygens (including phenoxy) is 1. The molecule has 0 fully saturated rings. The van der Waals surface area contributed by atoms with Gasteiger partial charge in [0.15, 0.2) is 6.10 Å². The minimum absolute atomic E-state index is 0.0288. The molecule has 0 unspecified atom stereocenters. The van der Waals surface area contributed by atoms with Crippen molar-refractivity contribution in [3.8, 4) is 5.75 Å². The largest absolute Gasteiger partial charge is 0.481 e. The van der Waals surface area contributed by atoms with Crippen molar-refractivity contribution < 1.29 is 14.3 Å². The molecule has 172 valence electrons. The lowest BCUT2D eigenvalue weighted by Gasteiger charge is -2.19. The number of nitrogens with one attached hydrogen (secondary N) is 2. The molecule has 5 nitrogen and oxygen atoms in total. The predicted molar refractivity (Wildman–Crippen MR) is 134 cm³/mol. The van der Waals surface area contributed by atoms with Gasteiger partial charge in [0.1, 0.15) is 5.75 Å². The molecular weight excluding hydrogens is 412 g/mol. The van der Waals surface area contributed by atoms with E-state index in [-0.39, 0.29) is 17.2 Å². The Morgan fingerprint density at radius 3 is 2.15 bits per heavy atom. The lowest BCUT2D eigenvalue weighted by atomic mass is 9.87. The molecule has 5 heteroatoms. The van der Waals surface area contributed by atoms with Crippen LogP contribution < -0.4 is 15.4 Å². The zero-order valence-electron chi connectivity index (χ0n) is 19.9. The zero-order valence-corrected chi connectivity index (χ0v) is 19.9. The number of hydrogen-bond donors (Lipinski definition) is 2. The summed E-state index contributed by atoms with van der Waals surface area (Å²) in [7, 11) is 0. The van der Waals surface area contributed by atoms with Crippen LogP contribution in [0.15, 0.2) is 72.8 Å². The quantitative estimate of drug-likeness (QED) is 0.456. The third-order valence-electron chi connectivity index (χ3n) is 5.43. The Labute approximate surface area is 196 Å². The molecular formula is C28H32N2O3. The number of para-hydroxylation sites is 1. The van der Waals surface area contributed by atoms with Crippen molar-refractivity contribution in [3.05, 3.63) is 89.5 Å². The van der Waals surface area contributed by atoms with Crippen LogP contribution in [0.1, 0.15) is 56.1 Å². The van der Waals surface area contributed by atoms with Crippen molar-refractivity contribution in [2.75, 3.05) is 10.6 Å². The summed E-state index contributed by atoms with van der Waals surface area (Å²) >= 11 is 0. The lowest BCUT2D eigenvalue weighted by Crippen LogP contribution is -2.30. The molecule has 0 aliphatic rings. The first-order valence-electron chi connectivity index (χ1n) is 11.2. The van der Waals surface area contributed by atoms with Crippen molar-refractivity contribution in [2.24, 2.45) is 0 Å². The first-order valence-corrected chi connectivity index (χ1v) is 11.2. The highest BCUT2D eigenvalue weighted by Crippen LogP contribution is 2.23. The van der Waals surface area contributed by atoms with Gasteiger partial charge < -0.3 is 15.4 Å². The van der Waals surface area contributed by atoms with Crippen molar-refractivity contribution >= 4 is 23.2 Å². The molecule has 0 saturated carbocycles. The molecule has 0 aromatic heterocycles. The third kappa shape index (κ3) is 6.45. The lowest BCUT2D eigenvalue weighted by molar-refractivity contribution is -0.122. The fourth-order valence-electron chi connectivity index (χ4n) is 3.40. The molecule has 0 radical (unpaired) electrons. The average Bonchev–Trinajstić information content (AvgIpc) is 2.79. The SMILES string of the molecule is CCc1ccccc1O[C@H](C)C(=O)Nc1cccc(NC(=O)c2ccc(C(C)(C)C)cc2)c1. The summed E-state index contributed by atoms with van der Waals surface area (Å²) in [6, 6.07) is 22.4. The molecule has 0 saturated heterocycles. The first kappa shape index (κ1) is 24.1. The molecule has 1 atom stereocenters. The molecule has 0 bridgehead atoms. The fourth-order valence-corrected chi connectivity index (χ4v) is 3.40. The Morgan fingerprint density at radius 1 is 0.879 bits per heavy atom. The van der Waals surface area contributed by atoms with E-state index in [9.17, 15) is 9.59 Å².